The van der Waals surface area contributed by atoms with E-state index in [1.165, 1.54) is 15.9 Å². The topological polar surface area (TPSA) is 74.0 Å². The van der Waals surface area contributed by atoms with Crippen LogP contribution in [0, 0.1) is 0 Å². The van der Waals surface area contributed by atoms with Crippen LogP contribution in [0.2, 0.25) is 0 Å². The van der Waals surface area contributed by atoms with Gasteiger partial charge in [-0.25, -0.2) is 9.67 Å². The molecule has 4 rings (SSSR count). The van der Waals surface area contributed by atoms with Crippen molar-refractivity contribution in [1.29, 1.82) is 0 Å². The van der Waals surface area contributed by atoms with Crippen molar-refractivity contribution in [3.05, 3.63) is 51.7 Å². The normalized spacial score (nSPS) is 13.9. The summed E-state index contributed by atoms with van der Waals surface area (Å²) in [7, 11) is 3.53. The van der Waals surface area contributed by atoms with Crippen LogP contribution in [0.3, 0.4) is 0 Å². The van der Waals surface area contributed by atoms with Gasteiger partial charge in [0.1, 0.15) is 5.52 Å². The molecule has 1 N–H and O–H groups in total. The second-order valence-electron chi connectivity index (χ2n) is 5.99. The average molecular weight is 325 g/mol. The van der Waals surface area contributed by atoms with Crippen molar-refractivity contribution in [3.8, 4) is 5.88 Å². The van der Waals surface area contributed by atoms with Crippen molar-refractivity contribution in [1.82, 2.24) is 24.6 Å². The lowest BCUT2D eigenvalue weighted by atomic mass is 10.1. The summed E-state index contributed by atoms with van der Waals surface area (Å²) in [6, 6.07) is 3.68. The zero-order valence-corrected chi connectivity index (χ0v) is 13.7. The van der Waals surface area contributed by atoms with Crippen molar-refractivity contribution in [3.63, 3.8) is 0 Å². The fourth-order valence-electron chi connectivity index (χ4n) is 3.35. The SMILES string of the molecule is COc1ccc(Cn2ncc3c4c(n(C)c3c2=O)CNCC4)cn1. The van der Waals surface area contributed by atoms with Gasteiger partial charge in [-0.2, -0.15) is 5.10 Å². The Bertz CT molecular complexity index is 956. The van der Waals surface area contributed by atoms with Crippen LogP contribution in [-0.4, -0.2) is 33.0 Å². The quantitative estimate of drug-likeness (QED) is 0.772. The molecule has 0 radical (unpaired) electrons. The lowest BCUT2D eigenvalue weighted by Crippen LogP contribution is -2.25. The minimum atomic E-state index is -0.0692. The first-order valence-electron chi connectivity index (χ1n) is 7.95. The predicted octanol–water partition coefficient (Wildman–Crippen LogP) is 0.833. The Labute approximate surface area is 138 Å². The molecule has 3 aromatic heterocycles. The van der Waals surface area contributed by atoms with E-state index >= 15 is 0 Å². The number of nitrogens with one attached hydrogen (secondary N) is 1. The second kappa shape index (κ2) is 5.76. The lowest BCUT2D eigenvalue weighted by molar-refractivity contribution is 0.397. The van der Waals surface area contributed by atoms with Gasteiger partial charge >= 0.3 is 0 Å². The standard InChI is InChI=1S/C17H19N5O2/c1-21-14-9-18-6-5-12(14)13-8-20-22(17(23)16(13)21)10-11-3-4-15(24-2)19-7-11/h3-4,7-8,18H,5-6,9-10H2,1-2H3. The number of ether oxygens (including phenoxy) is 1. The van der Waals surface area contributed by atoms with Gasteiger partial charge in [0, 0.05) is 36.9 Å². The van der Waals surface area contributed by atoms with Crippen molar-refractivity contribution >= 4 is 10.9 Å². The summed E-state index contributed by atoms with van der Waals surface area (Å²) in [6.07, 6.45) is 4.45. The molecule has 0 spiro atoms. The first-order valence-corrected chi connectivity index (χ1v) is 7.95. The molecule has 3 aromatic rings. The third-order valence-corrected chi connectivity index (χ3v) is 4.62. The molecule has 0 amide bonds. The Balaban J connectivity index is 1.78. The largest absolute Gasteiger partial charge is 0.481 e. The first kappa shape index (κ1) is 14.9. The van der Waals surface area contributed by atoms with Gasteiger partial charge in [-0.05, 0) is 24.1 Å². The second-order valence-corrected chi connectivity index (χ2v) is 5.99. The van der Waals surface area contributed by atoms with Gasteiger partial charge in [-0.3, -0.25) is 4.79 Å². The van der Waals surface area contributed by atoms with Crippen molar-refractivity contribution < 1.29 is 4.74 Å². The van der Waals surface area contributed by atoms with Crippen LogP contribution in [0.15, 0.2) is 29.3 Å². The van der Waals surface area contributed by atoms with E-state index in [4.69, 9.17) is 4.74 Å². The van der Waals surface area contributed by atoms with Crippen LogP contribution in [0.25, 0.3) is 10.9 Å². The van der Waals surface area contributed by atoms with Crippen molar-refractivity contribution in [2.24, 2.45) is 7.05 Å². The molecule has 0 bridgehead atoms. The number of hydrogen-bond acceptors (Lipinski definition) is 5. The van der Waals surface area contributed by atoms with Gasteiger partial charge in [0.05, 0.1) is 19.9 Å². The molecule has 0 atom stereocenters. The number of pyridine rings is 1. The zero-order valence-electron chi connectivity index (χ0n) is 13.7. The van der Waals surface area contributed by atoms with E-state index in [9.17, 15) is 4.79 Å². The number of rotatable bonds is 3. The maximum atomic E-state index is 12.9. The highest BCUT2D eigenvalue weighted by molar-refractivity contribution is 5.84. The molecular formula is C17H19N5O2. The zero-order chi connectivity index (χ0) is 16.7. The lowest BCUT2D eigenvalue weighted by Gasteiger charge is -2.14. The maximum Gasteiger partial charge on any atom is 0.291 e. The average Bonchev–Trinajstić information content (AvgIpc) is 2.92. The third-order valence-electron chi connectivity index (χ3n) is 4.62. The predicted molar refractivity (Wildman–Crippen MR) is 90.3 cm³/mol. The highest BCUT2D eigenvalue weighted by Crippen LogP contribution is 2.24. The highest BCUT2D eigenvalue weighted by Gasteiger charge is 2.21. The fourth-order valence-corrected chi connectivity index (χ4v) is 3.35. The van der Waals surface area contributed by atoms with Crippen LogP contribution in [0.1, 0.15) is 16.8 Å². The van der Waals surface area contributed by atoms with Crippen molar-refractivity contribution in [2.45, 2.75) is 19.5 Å². The molecule has 124 valence electrons. The summed E-state index contributed by atoms with van der Waals surface area (Å²) >= 11 is 0. The van der Waals surface area contributed by atoms with Gasteiger partial charge in [-0.15, -0.1) is 0 Å². The summed E-state index contributed by atoms with van der Waals surface area (Å²) in [6.45, 7) is 2.12. The minimum absolute atomic E-state index is 0.0692. The molecule has 7 nitrogen and oxygen atoms in total. The van der Waals surface area contributed by atoms with Crippen LogP contribution in [-0.2, 0) is 26.6 Å². The van der Waals surface area contributed by atoms with Gasteiger partial charge in [-0.1, -0.05) is 6.07 Å². The minimum Gasteiger partial charge on any atom is -0.481 e. The Morgan fingerprint density at radius 2 is 2.21 bits per heavy atom. The summed E-state index contributed by atoms with van der Waals surface area (Å²) < 4.78 is 8.55. The van der Waals surface area contributed by atoms with Gasteiger partial charge in [0.15, 0.2) is 0 Å². The van der Waals surface area contributed by atoms with E-state index in [0.29, 0.717) is 12.4 Å². The molecule has 1 aliphatic rings. The molecule has 24 heavy (non-hydrogen) atoms. The Morgan fingerprint density at radius 3 is 2.96 bits per heavy atom. The number of nitrogens with zero attached hydrogens (tertiary/aromatic N) is 4. The van der Waals surface area contributed by atoms with Crippen LogP contribution < -0.4 is 15.6 Å². The highest BCUT2D eigenvalue weighted by atomic mass is 16.5. The molecule has 0 aromatic carbocycles. The van der Waals surface area contributed by atoms with Gasteiger partial charge < -0.3 is 14.6 Å². The summed E-state index contributed by atoms with van der Waals surface area (Å²) in [5.74, 6) is 0.553. The van der Waals surface area contributed by atoms with E-state index in [2.05, 4.69) is 15.4 Å². The summed E-state index contributed by atoms with van der Waals surface area (Å²) in [5, 5.41) is 8.71. The van der Waals surface area contributed by atoms with E-state index in [0.717, 1.165) is 36.0 Å². The number of methoxy groups -OCH3 is 1. The van der Waals surface area contributed by atoms with E-state index in [-0.39, 0.29) is 5.56 Å². The molecule has 0 saturated heterocycles. The fraction of sp³-hybridized carbons (Fsp3) is 0.353. The van der Waals surface area contributed by atoms with Crippen LogP contribution in [0.5, 0.6) is 5.88 Å². The molecule has 0 unspecified atom stereocenters. The molecule has 0 aliphatic carbocycles. The number of aryl methyl sites for hydroxylation is 1. The molecule has 4 heterocycles. The third kappa shape index (κ3) is 2.28. The molecule has 0 saturated carbocycles. The van der Waals surface area contributed by atoms with Crippen LogP contribution >= 0.6 is 0 Å². The number of fused-ring (bicyclic) bond motifs is 3. The number of aromatic nitrogens is 4. The van der Waals surface area contributed by atoms with Crippen LogP contribution in [0.4, 0.5) is 0 Å². The smallest absolute Gasteiger partial charge is 0.291 e. The maximum absolute atomic E-state index is 12.9. The van der Waals surface area contributed by atoms with Gasteiger partial charge in [0.25, 0.3) is 5.56 Å². The monoisotopic (exact) mass is 325 g/mol. The first-order chi connectivity index (χ1) is 11.7. The van der Waals surface area contributed by atoms with Crippen molar-refractivity contribution in [2.75, 3.05) is 13.7 Å². The Hall–Kier alpha value is -2.67. The molecule has 0 fully saturated rings. The molecular weight excluding hydrogens is 306 g/mol. The number of hydrogen-bond donors (Lipinski definition) is 1. The Morgan fingerprint density at radius 1 is 1.33 bits per heavy atom. The van der Waals surface area contributed by atoms with E-state index in [1.54, 1.807) is 19.4 Å². The molecule has 7 heteroatoms. The van der Waals surface area contributed by atoms with E-state index in [1.807, 2.05) is 23.9 Å². The van der Waals surface area contributed by atoms with E-state index < -0.39 is 0 Å². The Kier molecular flexibility index (Phi) is 3.57. The van der Waals surface area contributed by atoms with Gasteiger partial charge in [0.2, 0.25) is 5.88 Å². The summed E-state index contributed by atoms with van der Waals surface area (Å²) in [5.41, 5.74) is 3.99. The summed E-state index contributed by atoms with van der Waals surface area (Å²) in [4.78, 5) is 17.1. The molecule has 1 aliphatic heterocycles.